The molecular weight excluding hydrogens is 496 g/mol. The summed E-state index contributed by atoms with van der Waals surface area (Å²) in [5.41, 5.74) is 6.86. The fraction of sp³-hybridized carbons (Fsp3) is 0.333. The summed E-state index contributed by atoms with van der Waals surface area (Å²) in [5, 5.41) is 3.55. The van der Waals surface area contributed by atoms with Crippen LogP contribution in [0.5, 0.6) is 0 Å². The van der Waals surface area contributed by atoms with Crippen LogP contribution in [-0.4, -0.2) is 65.1 Å². The molecule has 2 heterocycles. The van der Waals surface area contributed by atoms with Gasteiger partial charge in [0.05, 0.1) is 12.2 Å². The molecule has 0 unspecified atom stereocenters. The van der Waals surface area contributed by atoms with Crippen LogP contribution in [0.2, 0.25) is 0 Å². The number of hydrogen-bond donors (Lipinski definition) is 1. The van der Waals surface area contributed by atoms with Gasteiger partial charge in [0.25, 0.3) is 0 Å². The van der Waals surface area contributed by atoms with Crippen molar-refractivity contribution < 1.29 is 14.4 Å². The summed E-state index contributed by atoms with van der Waals surface area (Å²) in [5.74, 6) is 0.0894. The highest BCUT2D eigenvalue weighted by molar-refractivity contribution is 7.16. The number of ketones is 1. The lowest BCUT2D eigenvalue weighted by Crippen LogP contribution is -2.49. The number of fused-ring (bicyclic) bond motifs is 1. The second-order valence-electron chi connectivity index (χ2n) is 9.99. The number of rotatable bonds is 6. The number of hydrogen-bond acceptors (Lipinski definition) is 6. The SMILES string of the molecule is CC(=O)N1CCN(CC(=O)Nc2nc(-c3ccc4c(c3)CC=C(C(=O)c3ccccc3C)C4)c(C)s2)CC1. The second-order valence-corrected chi connectivity index (χ2v) is 11.2. The van der Waals surface area contributed by atoms with Crippen molar-refractivity contribution in [3.63, 3.8) is 0 Å². The van der Waals surface area contributed by atoms with Crippen molar-refractivity contribution in [1.82, 2.24) is 14.8 Å². The summed E-state index contributed by atoms with van der Waals surface area (Å²) < 4.78 is 0. The van der Waals surface area contributed by atoms with E-state index in [0.717, 1.165) is 32.8 Å². The summed E-state index contributed by atoms with van der Waals surface area (Å²) >= 11 is 1.47. The number of Topliss-reactive ketones (excluding diaryl/α,β-unsaturated/α-hetero) is 1. The highest BCUT2D eigenvalue weighted by Crippen LogP contribution is 2.33. The number of thiazole rings is 1. The van der Waals surface area contributed by atoms with Gasteiger partial charge in [0.15, 0.2) is 10.9 Å². The van der Waals surface area contributed by atoms with Crippen molar-refractivity contribution in [1.29, 1.82) is 0 Å². The van der Waals surface area contributed by atoms with Crippen molar-refractivity contribution in [2.75, 3.05) is 38.0 Å². The number of amides is 2. The lowest BCUT2D eigenvalue weighted by molar-refractivity contribution is -0.130. The molecule has 1 saturated heterocycles. The number of benzene rings is 2. The third kappa shape index (κ3) is 5.61. The molecule has 7 nitrogen and oxygen atoms in total. The van der Waals surface area contributed by atoms with E-state index in [-0.39, 0.29) is 24.1 Å². The van der Waals surface area contributed by atoms with Gasteiger partial charge in [0, 0.05) is 61.1 Å². The highest BCUT2D eigenvalue weighted by Gasteiger charge is 2.22. The van der Waals surface area contributed by atoms with Gasteiger partial charge in [-0.2, -0.15) is 0 Å². The van der Waals surface area contributed by atoms with Gasteiger partial charge in [-0.05, 0) is 43.0 Å². The van der Waals surface area contributed by atoms with Gasteiger partial charge < -0.3 is 10.2 Å². The van der Waals surface area contributed by atoms with E-state index in [1.807, 2.05) is 43.0 Å². The van der Waals surface area contributed by atoms with Gasteiger partial charge in [0.1, 0.15) is 0 Å². The van der Waals surface area contributed by atoms with E-state index in [9.17, 15) is 14.4 Å². The Hall–Kier alpha value is -3.62. The molecule has 1 N–H and O–H groups in total. The predicted molar refractivity (Wildman–Crippen MR) is 151 cm³/mol. The van der Waals surface area contributed by atoms with E-state index in [0.29, 0.717) is 44.2 Å². The van der Waals surface area contributed by atoms with Crippen LogP contribution < -0.4 is 5.32 Å². The molecule has 0 saturated carbocycles. The summed E-state index contributed by atoms with van der Waals surface area (Å²) in [6, 6.07) is 14.0. The maximum atomic E-state index is 13.1. The normalized spacial score (nSPS) is 15.6. The first kappa shape index (κ1) is 26.0. The number of nitrogens with one attached hydrogen (secondary N) is 1. The Morgan fingerprint density at radius 1 is 1.00 bits per heavy atom. The third-order valence-corrected chi connectivity index (χ3v) is 8.22. The number of carbonyl (C=O) groups excluding carboxylic acids is 3. The van der Waals surface area contributed by atoms with E-state index in [1.165, 1.54) is 22.5 Å². The number of allylic oxidation sites excluding steroid dienone is 2. The predicted octanol–water partition coefficient (Wildman–Crippen LogP) is 4.44. The second kappa shape index (κ2) is 11.0. The largest absolute Gasteiger partial charge is 0.340 e. The van der Waals surface area contributed by atoms with E-state index in [2.05, 4.69) is 34.5 Å². The third-order valence-electron chi connectivity index (χ3n) is 7.34. The number of nitrogens with zero attached hydrogens (tertiary/aromatic N) is 3. The monoisotopic (exact) mass is 528 g/mol. The number of carbonyl (C=O) groups is 3. The number of aromatic nitrogens is 1. The van der Waals surface area contributed by atoms with E-state index < -0.39 is 0 Å². The zero-order valence-corrected chi connectivity index (χ0v) is 22.9. The van der Waals surface area contributed by atoms with Crippen molar-refractivity contribution >= 4 is 34.1 Å². The van der Waals surface area contributed by atoms with Crippen LogP contribution in [0.1, 0.15) is 38.8 Å². The summed E-state index contributed by atoms with van der Waals surface area (Å²) in [6.07, 6.45) is 3.39. The molecule has 0 spiro atoms. The number of piperazine rings is 1. The molecule has 2 amide bonds. The molecule has 1 aliphatic carbocycles. The molecule has 5 rings (SSSR count). The van der Waals surface area contributed by atoms with Crippen LogP contribution in [0.25, 0.3) is 11.3 Å². The molecule has 0 atom stereocenters. The topological polar surface area (TPSA) is 82.6 Å². The molecule has 0 radical (unpaired) electrons. The van der Waals surface area contributed by atoms with Crippen LogP contribution >= 0.6 is 11.3 Å². The first-order valence-corrected chi connectivity index (χ1v) is 13.8. The minimum Gasteiger partial charge on any atom is -0.340 e. The van der Waals surface area contributed by atoms with Crippen molar-refractivity contribution in [3.05, 3.63) is 81.2 Å². The standard InChI is InChI=1S/C30H32N4O3S/c1-19-6-4-5-7-26(19)29(37)25-11-9-22-16-24(10-8-23(22)17-25)28-20(2)38-30(32-28)31-27(36)18-33-12-14-34(15-13-33)21(3)35/h4-8,10-11,16H,9,12-15,17-18H2,1-3H3,(H,31,32,36). The Morgan fingerprint density at radius 3 is 2.50 bits per heavy atom. The first-order chi connectivity index (χ1) is 18.3. The molecule has 1 aliphatic heterocycles. The van der Waals surface area contributed by atoms with Gasteiger partial charge in [0.2, 0.25) is 11.8 Å². The zero-order chi connectivity index (χ0) is 26.8. The minimum absolute atomic E-state index is 0.0780. The zero-order valence-electron chi connectivity index (χ0n) is 22.0. The van der Waals surface area contributed by atoms with Crippen LogP contribution in [0.4, 0.5) is 5.13 Å². The van der Waals surface area contributed by atoms with Crippen molar-refractivity contribution in [3.8, 4) is 11.3 Å². The fourth-order valence-corrected chi connectivity index (χ4v) is 5.97. The van der Waals surface area contributed by atoms with Gasteiger partial charge >= 0.3 is 0 Å². The maximum Gasteiger partial charge on any atom is 0.240 e. The van der Waals surface area contributed by atoms with E-state index in [1.54, 1.807) is 6.92 Å². The Bertz CT molecular complexity index is 1430. The minimum atomic E-state index is -0.0944. The molecule has 8 heteroatoms. The molecule has 3 aromatic rings. The van der Waals surface area contributed by atoms with Gasteiger partial charge in [-0.25, -0.2) is 4.98 Å². The Kier molecular flexibility index (Phi) is 7.53. The van der Waals surface area contributed by atoms with Crippen LogP contribution in [0.3, 0.4) is 0 Å². The Balaban J connectivity index is 1.23. The average molecular weight is 529 g/mol. The van der Waals surface area contributed by atoms with Crippen LogP contribution in [0, 0.1) is 13.8 Å². The lowest BCUT2D eigenvalue weighted by Gasteiger charge is -2.33. The molecular formula is C30H32N4O3S. The van der Waals surface area contributed by atoms with Crippen molar-refractivity contribution in [2.45, 2.75) is 33.6 Å². The smallest absolute Gasteiger partial charge is 0.240 e. The molecule has 2 aromatic carbocycles. The molecule has 38 heavy (non-hydrogen) atoms. The quantitative estimate of drug-likeness (QED) is 0.479. The van der Waals surface area contributed by atoms with E-state index >= 15 is 0 Å². The lowest BCUT2D eigenvalue weighted by atomic mass is 9.86. The van der Waals surface area contributed by atoms with Gasteiger partial charge in [-0.1, -0.05) is 42.5 Å². The van der Waals surface area contributed by atoms with Crippen LogP contribution in [0.15, 0.2) is 54.1 Å². The summed E-state index contributed by atoms with van der Waals surface area (Å²) in [7, 11) is 0. The van der Waals surface area contributed by atoms with Gasteiger partial charge in [-0.15, -0.1) is 11.3 Å². The average Bonchev–Trinajstić information content (AvgIpc) is 3.27. The Morgan fingerprint density at radius 2 is 1.76 bits per heavy atom. The molecule has 0 bridgehead atoms. The molecule has 196 valence electrons. The van der Waals surface area contributed by atoms with Crippen molar-refractivity contribution in [2.24, 2.45) is 0 Å². The first-order valence-electron chi connectivity index (χ1n) is 12.9. The molecule has 1 aromatic heterocycles. The summed E-state index contributed by atoms with van der Waals surface area (Å²) in [6.45, 7) is 8.54. The summed E-state index contributed by atoms with van der Waals surface area (Å²) in [4.78, 5) is 46.9. The highest BCUT2D eigenvalue weighted by atomic mass is 32.1. The van der Waals surface area contributed by atoms with Gasteiger partial charge in [-0.3, -0.25) is 19.3 Å². The Labute approximate surface area is 227 Å². The van der Waals surface area contributed by atoms with E-state index in [4.69, 9.17) is 4.98 Å². The molecule has 2 aliphatic rings. The molecule has 1 fully saturated rings. The maximum absolute atomic E-state index is 13.1. The number of anilines is 1. The number of aryl methyl sites for hydroxylation is 2. The van der Waals surface area contributed by atoms with Crippen LogP contribution in [-0.2, 0) is 22.4 Å². The fourth-order valence-electron chi connectivity index (χ4n) is 5.12.